The van der Waals surface area contributed by atoms with Crippen LogP contribution in [0.5, 0.6) is 0 Å². The summed E-state index contributed by atoms with van der Waals surface area (Å²) in [5.41, 5.74) is 1.61. The van der Waals surface area contributed by atoms with E-state index in [4.69, 9.17) is 14.7 Å². The first kappa shape index (κ1) is 24.4. The molecule has 9 heteroatoms. The predicted octanol–water partition coefficient (Wildman–Crippen LogP) is 3.55. The van der Waals surface area contributed by atoms with E-state index >= 15 is 0 Å². The van der Waals surface area contributed by atoms with Crippen LogP contribution >= 0.6 is 0 Å². The van der Waals surface area contributed by atoms with Crippen LogP contribution in [0.25, 0.3) is 0 Å². The molecule has 2 aromatic rings. The number of rotatable bonds is 11. The van der Waals surface area contributed by atoms with Gasteiger partial charge in [0.05, 0.1) is 19.1 Å². The summed E-state index contributed by atoms with van der Waals surface area (Å²) in [4.78, 5) is 38.2. The van der Waals surface area contributed by atoms with E-state index in [1.165, 1.54) is 12.0 Å². The van der Waals surface area contributed by atoms with Gasteiger partial charge in [-0.05, 0) is 30.3 Å². The highest BCUT2D eigenvalue weighted by Crippen LogP contribution is 2.18. The molecule has 0 atom stereocenters. The predicted molar refractivity (Wildman–Crippen MR) is 120 cm³/mol. The van der Waals surface area contributed by atoms with Crippen molar-refractivity contribution in [1.29, 1.82) is 5.26 Å². The minimum absolute atomic E-state index is 0.00405. The Labute approximate surface area is 186 Å². The van der Waals surface area contributed by atoms with Crippen LogP contribution in [0.2, 0.25) is 0 Å². The lowest BCUT2D eigenvalue weighted by molar-refractivity contribution is -0.122. The molecule has 0 heterocycles. The lowest BCUT2D eigenvalue weighted by atomic mass is 10.2. The smallest absolute Gasteiger partial charge is 0.411 e. The van der Waals surface area contributed by atoms with E-state index in [2.05, 4.69) is 10.6 Å². The van der Waals surface area contributed by atoms with Crippen molar-refractivity contribution in [2.45, 2.75) is 19.3 Å². The Hall–Kier alpha value is -3.90. The maximum Gasteiger partial charge on any atom is 0.411 e. The monoisotopic (exact) mass is 438 g/mol. The lowest BCUT2D eigenvalue weighted by Crippen LogP contribution is -2.32. The van der Waals surface area contributed by atoms with Crippen LogP contribution in [0.15, 0.2) is 54.6 Å². The van der Waals surface area contributed by atoms with Gasteiger partial charge in [0.1, 0.15) is 6.61 Å². The van der Waals surface area contributed by atoms with Gasteiger partial charge in [-0.1, -0.05) is 24.3 Å². The molecule has 0 spiro atoms. The quantitative estimate of drug-likeness (QED) is 0.518. The second-order valence-electron chi connectivity index (χ2n) is 6.67. The van der Waals surface area contributed by atoms with E-state index in [-0.39, 0.29) is 44.2 Å². The van der Waals surface area contributed by atoms with Crippen molar-refractivity contribution in [3.05, 3.63) is 54.6 Å². The molecule has 0 fully saturated rings. The van der Waals surface area contributed by atoms with Gasteiger partial charge >= 0.3 is 6.09 Å². The number of anilines is 3. The Kier molecular flexibility index (Phi) is 10.2. The maximum atomic E-state index is 12.7. The molecule has 0 aliphatic heterocycles. The number of carbonyl (C=O) groups excluding carboxylic acids is 3. The van der Waals surface area contributed by atoms with E-state index in [1.807, 2.05) is 24.3 Å². The molecule has 2 aromatic carbocycles. The molecule has 0 saturated heterocycles. The first-order valence-corrected chi connectivity index (χ1v) is 10.1. The molecular formula is C23H26N4O5. The molecule has 0 unspecified atom stereocenters. The Morgan fingerprint density at radius 3 is 2.38 bits per heavy atom. The molecule has 3 amide bonds. The number of nitrogens with zero attached hydrogens (tertiary/aromatic N) is 2. The van der Waals surface area contributed by atoms with Gasteiger partial charge in [-0.2, -0.15) is 5.26 Å². The van der Waals surface area contributed by atoms with Crippen molar-refractivity contribution in [2.75, 3.05) is 42.4 Å². The van der Waals surface area contributed by atoms with Crippen molar-refractivity contribution in [1.82, 2.24) is 0 Å². The average molecular weight is 438 g/mol. The molecule has 2 rings (SSSR count). The van der Waals surface area contributed by atoms with Gasteiger partial charge in [0.25, 0.3) is 0 Å². The summed E-state index contributed by atoms with van der Waals surface area (Å²) >= 11 is 0. The topological polar surface area (TPSA) is 121 Å². The number of amides is 3. The zero-order valence-electron chi connectivity index (χ0n) is 17.9. The van der Waals surface area contributed by atoms with Crippen LogP contribution in [0, 0.1) is 11.3 Å². The Morgan fingerprint density at radius 2 is 1.69 bits per heavy atom. The molecule has 0 aromatic heterocycles. The molecule has 0 bridgehead atoms. The molecular weight excluding hydrogens is 412 g/mol. The van der Waals surface area contributed by atoms with Gasteiger partial charge in [0.2, 0.25) is 11.8 Å². The second kappa shape index (κ2) is 13.4. The normalized spacial score (nSPS) is 10.0. The third-order valence-corrected chi connectivity index (χ3v) is 4.30. The molecule has 9 nitrogen and oxygen atoms in total. The summed E-state index contributed by atoms with van der Waals surface area (Å²) < 4.78 is 9.74. The van der Waals surface area contributed by atoms with E-state index in [0.29, 0.717) is 23.7 Å². The molecule has 32 heavy (non-hydrogen) atoms. The van der Waals surface area contributed by atoms with E-state index < -0.39 is 6.09 Å². The number of hydrogen-bond acceptors (Lipinski definition) is 6. The van der Waals surface area contributed by atoms with Gasteiger partial charge < -0.3 is 19.7 Å². The fraction of sp³-hybridized carbons (Fsp3) is 0.304. The highest BCUT2D eigenvalue weighted by Gasteiger charge is 2.17. The van der Waals surface area contributed by atoms with Gasteiger partial charge in [-0.3, -0.25) is 14.9 Å². The number of benzene rings is 2. The largest absolute Gasteiger partial charge is 0.447 e. The zero-order valence-corrected chi connectivity index (χ0v) is 17.9. The average Bonchev–Trinajstić information content (AvgIpc) is 2.79. The maximum absolute atomic E-state index is 12.7. The standard InChI is InChI=1S/C23H26N4O5/c1-31-15-16-32-23(30)26-19-8-5-7-18(17-19)25-21(28)11-12-22(29)27(14-6-13-24)20-9-3-2-4-10-20/h2-5,7-10,17H,6,11-12,14-16H2,1H3,(H,25,28)(H,26,30). The fourth-order valence-corrected chi connectivity index (χ4v) is 2.79. The number of nitrogens with one attached hydrogen (secondary N) is 2. The van der Waals surface area contributed by atoms with Crippen molar-refractivity contribution >= 4 is 35.0 Å². The van der Waals surface area contributed by atoms with Crippen LogP contribution < -0.4 is 15.5 Å². The van der Waals surface area contributed by atoms with E-state index in [0.717, 1.165) is 0 Å². The Bertz CT molecular complexity index is 943. The number of hydrogen-bond donors (Lipinski definition) is 2. The summed E-state index contributed by atoms with van der Waals surface area (Å²) in [6.45, 7) is 0.677. The van der Waals surface area contributed by atoms with Gasteiger partial charge in [0.15, 0.2) is 0 Å². The first-order chi connectivity index (χ1) is 15.5. The SMILES string of the molecule is COCCOC(=O)Nc1cccc(NC(=O)CCC(=O)N(CCC#N)c2ccccc2)c1. The van der Waals surface area contributed by atoms with E-state index in [9.17, 15) is 14.4 Å². The number of carbonyl (C=O) groups is 3. The molecule has 0 aliphatic rings. The summed E-state index contributed by atoms with van der Waals surface area (Å²) in [5.74, 6) is -0.581. The minimum Gasteiger partial charge on any atom is -0.447 e. The van der Waals surface area contributed by atoms with Gasteiger partial charge in [-0.25, -0.2) is 4.79 Å². The molecule has 168 valence electrons. The van der Waals surface area contributed by atoms with Gasteiger partial charge in [0, 0.05) is 43.6 Å². The van der Waals surface area contributed by atoms with Crippen LogP contribution in [0.3, 0.4) is 0 Å². The highest BCUT2D eigenvalue weighted by molar-refractivity contribution is 5.98. The first-order valence-electron chi connectivity index (χ1n) is 10.1. The number of nitriles is 1. The van der Waals surface area contributed by atoms with Crippen molar-refractivity contribution in [3.8, 4) is 6.07 Å². The van der Waals surface area contributed by atoms with Crippen LogP contribution in [0.4, 0.5) is 21.9 Å². The summed E-state index contributed by atoms with van der Waals surface area (Å²) in [6, 6.07) is 17.6. The lowest BCUT2D eigenvalue weighted by Gasteiger charge is -2.21. The fourth-order valence-electron chi connectivity index (χ4n) is 2.79. The van der Waals surface area contributed by atoms with Crippen molar-refractivity contribution in [2.24, 2.45) is 0 Å². The third-order valence-electron chi connectivity index (χ3n) is 4.30. The van der Waals surface area contributed by atoms with Crippen LogP contribution in [0.1, 0.15) is 19.3 Å². The van der Waals surface area contributed by atoms with Crippen LogP contribution in [-0.2, 0) is 19.1 Å². The number of ether oxygens (including phenoxy) is 2. The molecule has 2 N–H and O–H groups in total. The number of para-hydroxylation sites is 1. The molecule has 0 saturated carbocycles. The molecule has 0 radical (unpaired) electrons. The summed E-state index contributed by atoms with van der Waals surface area (Å²) in [7, 11) is 1.51. The van der Waals surface area contributed by atoms with Gasteiger partial charge in [-0.15, -0.1) is 0 Å². The highest BCUT2D eigenvalue weighted by atomic mass is 16.6. The van der Waals surface area contributed by atoms with Crippen molar-refractivity contribution < 1.29 is 23.9 Å². The summed E-state index contributed by atoms with van der Waals surface area (Å²) in [6.07, 6.45) is -0.462. The second-order valence-corrected chi connectivity index (χ2v) is 6.67. The van der Waals surface area contributed by atoms with E-state index in [1.54, 1.807) is 36.4 Å². The van der Waals surface area contributed by atoms with Crippen LogP contribution in [-0.4, -0.2) is 44.8 Å². The molecule has 0 aliphatic carbocycles. The van der Waals surface area contributed by atoms with Crippen molar-refractivity contribution in [3.63, 3.8) is 0 Å². The Balaban J connectivity index is 1.88. The summed E-state index contributed by atoms with van der Waals surface area (Å²) in [5, 5.41) is 14.1. The minimum atomic E-state index is -0.630. The third kappa shape index (κ3) is 8.45. The number of methoxy groups -OCH3 is 1. The Morgan fingerprint density at radius 1 is 0.969 bits per heavy atom. The zero-order chi connectivity index (χ0) is 23.2.